The van der Waals surface area contributed by atoms with Gasteiger partial charge in [-0.15, -0.1) is 0 Å². The summed E-state index contributed by atoms with van der Waals surface area (Å²) in [5.41, 5.74) is -1.61. The topological polar surface area (TPSA) is 453 Å². The number of hydrogen-bond acceptors (Lipinski definition) is 28. The summed E-state index contributed by atoms with van der Waals surface area (Å²) < 4.78 is 60.9. The molecule has 0 aromatic carbocycles. The van der Waals surface area contributed by atoms with E-state index in [1.807, 2.05) is 0 Å². The van der Waals surface area contributed by atoms with Crippen molar-refractivity contribution in [2.75, 3.05) is 33.0 Å². The van der Waals surface area contributed by atoms with Crippen LogP contribution in [0.3, 0.4) is 0 Å². The third kappa shape index (κ3) is 11.5. The van der Waals surface area contributed by atoms with E-state index in [4.69, 9.17) is 47.4 Å². The first-order valence-electron chi connectivity index (χ1n) is 31.3. The number of carbonyl (C=O) groups excluding carboxylic acids is 1. The van der Waals surface area contributed by atoms with Gasteiger partial charge in [-0.25, -0.2) is 0 Å². The molecule has 0 spiro atoms. The maximum absolute atomic E-state index is 14.9. The van der Waals surface area contributed by atoms with E-state index in [9.17, 15) is 91.6 Å². The number of esters is 1. The van der Waals surface area contributed by atoms with Gasteiger partial charge in [-0.3, -0.25) is 4.79 Å². The Morgan fingerprint density at radius 2 is 0.898 bits per heavy atom. The molecule has 0 bridgehead atoms. The van der Waals surface area contributed by atoms with Crippen molar-refractivity contribution in [3.8, 4) is 0 Å². The van der Waals surface area contributed by atoms with Gasteiger partial charge < -0.3 is 134 Å². The second kappa shape index (κ2) is 25.7. The number of ether oxygens (including phenoxy) is 10. The Hall–Kier alpha value is -1.83. The molecular weight excluding hydrogens is 1170 g/mol. The Bertz CT molecular complexity index is 2430. The number of aliphatic hydroxyl groups is 17. The molecule has 10 aliphatic rings. The number of aliphatic hydroxyl groups excluding tert-OH is 17. The zero-order chi connectivity index (χ0) is 64.3. The van der Waals surface area contributed by atoms with Crippen molar-refractivity contribution in [1.29, 1.82) is 0 Å². The summed E-state index contributed by atoms with van der Waals surface area (Å²) in [4.78, 5) is 14.9. The Morgan fingerprint density at radius 1 is 0.455 bits per heavy atom. The van der Waals surface area contributed by atoms with Crippen molar-refractivity contribution >= 4 is 5.97 Å². The van der Waals surface area contributed by atoms with E-state index in [0.717, 1.165) is 19.3 Å². The molecule has 4 saturated carbocycles. The monoisotopic (exact) mass is 1270 g/mol. The molecule has 17 N–H and O–H groups in total. The van der Waals surface area contributed by atoms with E-state index in [2.05, 4.69) is 54.5 Å². The Balaban J connectivity index is 0.928. The molecule has 33 atom stereocenters. The minimum Gasteiger partial charge on any atom is -0.432 e. The van der Waals surface area contributed by atoms with E-state index in [-0.39, 0.29) is 39.4 Å². The van der Waals surface area contributed by atoms with E-state index in [0.29, 0.717) is 44.9 Å². The molecule has 9 fully saturated rings. The summed E-state index contributed by atoms with van der Waals surface area (Å²) in [5.74, 6) is -0.685. The summed E-state index contributed by atoms with van der Waals surface area (Å²) >= 11 is 0. The molecule has 10 rings (SSSR count). The lowest BCUT2D eigenvalue weighted by Gasteiger charge is -2.71. The minimum absolute atomic E-state index is 0.0203. The van der Waals surface area contributed by atoms with Gasteiger partial charge in [0.1, 0.15) is 122 Å². The fraction of sp³-hybridized carbons (Fsp3) is 0.950. The lowest BCUT2D eigenvalue weighted by molar-refractivity contribution is -0.405. The van der Waals surface area contributed by atoms with Crippen molar-refractivity contribution in [2.24, 2.45) is 50.2 Å². The molecule has 28 nitrogen and oxygen atoms in total. The highest BCUT2D eigenvalue weighted by molar-refractivity contribution is 5.79. The largest absolute Gasteiger partial charge is 0.432 e. The predicted molar refractivity (Wildman–Crippen MR) is 295 cm³/mol. The fourth-order valence-corrected chi connectivity index (χ4v) is 18.0. The lowest BCUT2D eigenvalue weighted by Crippen LogP contribution is -2.69. The molecule has 5 aliphatic heterocycles. The highest BCUT2D eigenvalue weighted by Gasteiger charge is 2.71. The number of hydrogen-bond donors (Lipinski definition) is 17. The summed E-state index contributed by atoms with van der Waals surface area (Å²) in [5, 5.41) is 184. The van der Waals surface area contributed by atoms with Crippen LogP contribution in [0.5, 0.6) is 0 Å². The summed E-state index contributed by atoms with van der Waals surface area (Å²) in [6, 6.07) is 0. The van der Waals surface area contributed by atoms with Gasteiger partial charge in [0.05, 0.1) is 44.6 Å². The first kappa shape index (κ1) is 69.0. The fourth-order valence-electron chi connectivity index (χ4n) is 18.0. The number of rotatable bonds is 15. The molecule has 0 unspecified atom stereocenters. The van der Waals surface area contributed by atoms with Gasteiger partial charge >= 0.3 is 5.97 Å². The van der Waals surface area contributed by atoms with Crippen molar-refractivity contribution in [3.05, 3.63) is 11.6 Å². The number of allylic oxidation sites excluding steroid dienone is 2. The van der Waals surface area contributed by atoms with Crippen LogP contribution >= 0.6 is 0 Å². The minimum atomic E-state index is -2.12. The summed E-state index contributed by atoms with van der Waals surface area (Å²) in [6.45, 7) is 11.5. The van der Waals surface area contributed by atoms with Crippen LogP contribution in [0, 0.1) is 50.2 Å². The smallest absolute Gasteiger partial charge is 0.315 e. The molecule has 88 heavy (non-hydrogen) atoms. The van der Waals surface area contributed by atoms with E-state index in [1.54, 1.807) is 0 Å². The zero-order valence-corrected chi connectivity index (χ0v) is 51.0. The third-order valence-corrected chi connectivity index (χ3v) is 23.5. The van der Waals surface area contributed by atoms with Gasteiger partial charge in [-0.1, -0.05) is 60.1 Å². The summed E-state index contributed by atoms with van der Waals surface area (Å²) in [6.07, 6.45) is -36.5. The van der Waals surface area contributed by atoms with Crippen LogP contribution in [0.4, 0.5) is 0 Å². The molecule has 5 saturated heterocycles. The Morgan fingerprint density at radius 3 is 1.43 bits per heavy atom. The molecule has 0 aromatic heterocycles. The van der Waals surface area contributed by atoms with Gasteiger partial charge in [-0.2, -0.15) is 0 Å². The van der Waals surface area contributed by atoms with E-state index < -0.39 is 209 Å². The van der Waals surface area contributed by atoms with Gasteiger partial charge in [-0.05, 0) is 109 Å². The van der Waals surface area contributed by atoms with Crippen molar-refractivity contribution in [2.45, 2.75) is 272 Å². The lowest BCUT2D eigenvalue weighted by atomic mass is 9.33. The molecule has 28 heteroatoms. The van der Waals surface area contributed by atoms with Crippen LogP contribution in [0.1, 0.15) is 113 Å². The molecule has 5 aliphatic carbocycles. The average Bonchev–Trinajstić information content (AvgIpc) is 0.706. The second-order valence-electron chi connectivity index (χ2n) is 29.1. The van der Waals surface area contributed by atoms with Gasteiger partial charge in [0.25, 0.3) is 0 Å². The zero-order valence-electron chi connectivity index (χ0n) is 51.0. The predicted octanol–water partition coefficient (Wildman–Crippen LogP) is -4.21. The number of carbonyl (C=O) groups is 1. The molecule has 5 heterocycles. The second-order valence-corrected chi connectivity index (χ2v) is 29.1. The van der Waals surface area contributed by atoms with Crippen LogP contribution in [-0.2, 0) is 52.2 Å². The van der Waals surface area contributed by atoms with E-state index >= 15 is 0 Å². The normalized spacial score (nSPS) is 53.5. The van der Waals surface area contributed by atoms with Crippen LogP contribution < -0.4 is 0 Å². The van der Waals surface area contributed by atoms with Crippen molar-refractivity contribution in [1.82, 2.24) is 0 Å². The van der Waals surface area contributed by atoms with E-state index in [1.165, 1.54) is 5.57 Å². The SMILES string of the molecule is CC1(C)CC[C@]2(C(=O)O[C@@H]3O[C@H](CO)[C@@H](O)[C@H](O)[C@H]3O)CC[C@]3(C)C(=CC[C@@H]4[C@@]5(C)CC[C@H](O[C@@H]6O[C@H](CO)[C@@H](O)[C@H](O[C@@H]7O[C@H](CO)[C@@H](O)[C@H](O[C@@H]8O[C@H](CO)[C@@H](O)[C@H](O)[C@H]8O)[C@H]7O)[C@H]6O[C@@H]6O[C@H](CO)[C@@H](O)[C@H](O)[C@H]6O)C(C)(C)[C@@H]5CC[C@]43C)[C@@H]2C1. The first-order valence-corrected chi connectivity index (χ1v) is 31.3. The molecule has 0 radical (unpaired) electrons. The average molecular weight is 1270 g/mol. The van der Waals surface area contributed by atoms with Gasteiger partial charge in [0.15, 0.2) is 25.2 Å². The molecule has 0 aromatic rings. The quantitative estimate of drug-likeness (QED) is 0.0420. The summed E-state index contributed by atoms with van der Waals surface area (Å²) in [7, 11) is 0. The molecule has 0 amide bonds. The van der Waals surface area contributed by atoms with Crippen LogP contribution in [0.2, 0.25) is 0 Å². The van der Waals surface area contributed by atoms with Crippen molar-refractivity contribution < 1.29 is 139 Å². The van der Waals surface area contributed by atoms with Gasteiger partial charge in [0.2, 0.25) is 6.29 Å². The number of fused-ring (bicyclic) bond motifs is 7. The standard InChI is InChI=1S/C60H98O28/c1-55(2)14-16-60(54(78)88-51-44(76)41(73)36(68)28(21-63)81-51)17-15-58(6)24(25(60)18-55)8-9-32-57(5)12-11-33(56(3,4)31(57)10-13-59(32,58)7)84-53-48(87-50-43(75)40(72)35(67)27(20-62)80-50)47(38(70)30(23-65)83-53)86-52-45(77)46(37(69)29(22-64)82-52)85-49-42(74)39(71)34(66)26(19-61)79-49/h8,25-53,61-77H,9-23H2,1-7H3/t25-,26+,27+,28+,29+,30+,31-,32+,33-,34+,35+,36+,37+,38+,39-,40-,41-,42+,43+,44+,45+,46-,47-,48+,49-,50-,51-,52-,53-,57-,58+,59+,60-/m0/s1. The highest BCUT2D eigenvalue weighted by Crippen LogP contribution is 2.76. The Labute approximate surface area is 510 Å². The van der Waals surface area contributed by atoms with Crippen LogP contribution in [0.25, 0.3) is 0 Å². The first-order chi connectivity index (χ1) is 41.3. The molecular formula is C60H98O28. The van der Waals surface area contributed by atoms with Crippen LogP contribution in [0.15, 0.2) is 11.6 Å². The van der Waals surface area contributed by atoms with Crippen LogP contribution in [-0.4, -0.2) is 285 Å². The highest BCUT2D eigenvalue weighted by atomic mass is 16.8. The van der Waals surface area contributed by atoms with Gasteiger partial charge in [0, 0.05) is 0 Å². The third-order valence-electron chi connectivity index (χ3n) is 23.5. The molecule has 506 valence electrons. The Kier molecular flexibility index (Phi) is 20.2. The maximum atomic E-state index is 14.9. The maximum Gasteiger partial charge on any atom is 0.315 e. The van der Waals surface area contributed by atoms with Crippen molar-refractivity contribution in [3.63, 3.8) is 0 Å².